The number of anilines is 1. The number of halogens is 1. The van der Waals surface area contributed by atoms with E-state index in [4.69, 9.17) is 20.3 Å². The van der Waals surface area contributed by atoms with Crippen molar-refractivity contribution in [2.24, 2.45) is 0 Å². The van der Waals surface area contributed by atoms with Gasteiger partial charge in [-0.15, -0.1) is 0 Å². The summed E-state index contributed by atoms with van der Waals surface area (Å²) in [6.07, 6.45) is 1.89. The number of rotatable bonds is 6. The maximum Gasteiger partial charge on any atom is 0.340 e. The van der Waals surface area contributed by atoms with Crippen LogP contribution in [0.3, 0.4) is 0 Å². The molecular formula is C19H16ClNO6S. The average Bonchev–Trinajstić information content (AvgIpc) is 3.40. The molecule has 0 amide bonds. The minimum absolute atomic E-state index is 0.0595. The summed E-state index contributed by atoms with van der Waals surface area (Å²) in [6.45, 7) is 0. The number of benzene rings is 2. The Labute approximate surface area is 167 Å². The zero-order valence-corrected chi connectivity index (χ0v) is 16.4. The predicted octanol–water partition coefficient (Wildman–Crippen LogP) is 4.22. The lowest BCUT2D eigenvalue weighted by atomic mass is 10.0. The highest BCUT2D eigenvalue weighted by Gasteiger charge is 2.31. The smallest absolute Gasteiger partial charge is 0.340 e. The van der Waals surface area contributed by atoms with Crippen LogP contribution >= 0.6 is 11.6 Å². The van der Waals surface area contributed by atoms with Crippen LogP contribution in [0.1, 0.15) is 34.7 Å². The predicted molar refractivity (Wildman–Crippen MR) is 105 cm³/mol. The molecule has 0 atom stereocenters. The number of carboxylic acids is 1. The summed E-state index contributed by atoms with van der Waals surface area (Å²) < 4.78 is 32.6. The molecule has 2 aromatic carbocycles. The van der Waals surface area contributed by atoms with E-state index in [9.17, 15) is 18.3 Å². The van der Waals surface area contributed by atoms with Crippen LogP contribution < -0.4 is 5.06 Å². The molecule has 0 spiro atoms. The van der Waals surface area contributed by atoms with Gasteiger partial charge in [0.2, 0.25) is 0 Å². The highest BCUT2D eigenvalue weighted by molar-refractivity contribution is 7.67. The maximum absolute atomic E-state index is 12.0. The summed E-state index contributed by atoms with van der Waals surface area (Å²) >= 11 is 5.92. The first-order valence-electron chi connectivity index (χ1n) is 8.51. The minimum atomic E-state index is -3.08. The van der Waals surface area contributed by atoms with Crippen LogP contribution in [-0.4, -0.2) is 26.5 Å². The van der Waals surface area contributed by atoms with Crippen molar-refractivity contribution >= 4 is 45.2 Å². The number of nitrogens with zero attached hydrogens (tertiary/aromatic N) is 1. The Morgan fingerprint density at radius 1 is 1.25 bits per heavy atom. The van der Waals surface area contributed by atoms with Crippen LogP contribution in [0.5, 0.6) is 0 Å². The number of hydrogen-bond donors (Lipinski definition) is 2. The SMILES string of the molecule is CN(O[SH](=O)=O)c1cc2oc(-c3ccc(Cl)cc3)c(C(=O)O)c2cc1C1CC1. The molecule has 146 valence electrons. The van der Waals surface area contributed by atoms with Crippen LogP contribution in [0.2, 0.25) is 5.02 Å². The summed E-state index contributed by atoms with van der Waals surface area (Å²) in [5.41, 5.74) is 2.34. The molecule has 3 aromatic rings. The zero-order chi connectivity index (χ0) is 20.0. The molecule has 0 bridgehead atoms. The second-order valence-corrected chi connectivity index (χ2v) is 7.65. The molecule has 1 fully saturated rings. The van der Waals surface area contributed by atoms with Gasteiger partial charge in [0, 0.05) is 29.1 Å². The number of fused-ring (bicyclic) bond motifs is 1. The highest BCUT2D eigenvalue weighted by atomic mass is 35.5. The Balaban J connectivity index is 1.94. The monoisotopic (exact) mass is 421 g/mol. The number of carboxylic acid groups (broad SMARTS) is 1. The Morgan fingerprint density at radius 2 is 1.93 bits per heavy atom. The summed E-state index contributed by atoms with van der Waals surface area (Å²) in [6, 6.07) is 10.1. The maximum atomic E-state index is 12.0. The van der Waals surface area contributed by atoms with E-state index in [-0.39, 0.29) is 17.2 Å². The van der Waals surface area contributed by atoms with E-state index in [1.54, 1.807) is 36.4 Å². The summed E-state index contributed by atoms with van der Waals surface area (Å²) in [4.78, 5) is 12.0. The van der Waals surface area contributed by atoms with E-state index in [0.29, 0.717) is 27.2 Å². The molecule has 1 aliphatic rings. The lowest BCUT2D eigenvalue weighted by Gasteiger charge is -2.18. The molecule has 1 N–H and O–H groups in total. The second kappa shape index (κ2) is 7.12. The molecule has 0 saturated heterocycles. The number of thiol groups is 1. The van der Waals surface area contributed by atoms with Gasteiger partial charge in [0.05, 0.1) is 5.69 Å². The lowest BCUT2D eigenvalue weighted by Crippen LogP contribution is -2.18. The van der Waals surface area contributed by atoms with Gasteiger partial charge in [0.1, 0.15) is 16.9 Å². The molecule has 1 aromatic heterocycles. The third kappa shape index (κ3) is 3.46. The summed E-state index contributed by atoms with van der Waals surface area (Å²) in [7, 11) is -1.59. The molecular weight excluding hydrogens is 406 g/mol. The van der Waals surface area contributed by atoms with Crippen molar-refractivity contribution in [1.82, 2.24) is 0 Å². The van der Waals surface area contributed by atoms with Crippen molar-refractivity contribution in [3.63, 3.8) is 0 Å². The van der Waals surface area contributed by atoms with E-state index in [1.165, 1.54) is 7.05 Å². The van der Waals surface area contributed by atoms with Gasteiger partial charge in [-0.25, -0.2) is 18.3 Å². The highest BCUT2D eigenvalue weighted by Crippen LogP contribution is 2.47. The van der Waals surface area contributed by atoms with Gasteiger partial charge in [0.15, 0.2) is 0 Å². The van der Waals surface area contributed by atoms with Gasteiger partial charge < -0.3 is 9.52 Å². The van der Waals surface area contributed by atoms with Crippen molar-refractivity contribution in [2.45, 2.75) is 18.8 Å². The van der Waals surface area contributed by atoms with E-state index in [1.807, 2.05) is 0 Å². The van der Waals surface area contributed by atoms with Gasteiger partial charge >= 0.3 is 5.97 Å². The van der Waals surface area contributed by atoms with Crippen molar-refractivity contribution < 1.29 is 27.0 Å². The molecule has 0 unspecified atom stereocenters. The van der Waals surface area contributed by atoms with Crippen molar-refractivity contribution in [3.8, 4) is 11.3 Å². The fourth-order valence-corrected chi connectivity index (χ4v) is 3.72. The first kappa shape index (κ1) is 18.8. The molecule has 1 saturated carbocycles. The van der Waals surface area contributed by atoms with Crippen molar-refractivity contribution in [2.75, 3.05) is 12.1 Å². The number of aromatic carboxylic acids is 1. The Kier molecular flexibility index (Phi) is 4.78. The Bertz CT molecular complexity index is 1140. The molecule has 7 nitrogen and oxygen atoms in total. The molecule has 1 heterocycles. The average molecular weight is 422 g/mol. The van der Waals surface area contributed by atoms with Gasteiger partial charge in [-0.2, -0.15) is 4.28 Å². The zero-order valence-electron chi connectivity index (χ0n) is 14.7. The largest absolute Gasteiger partial charge is 0.478 e. The van der Waals surface area contributed by atoms with E-state index in [2.05, 4.69) is 0 Å². The van der Waals surface area contributed by atoms with Gasteiger partial charge in [-0.05, 0) is 54.7 Å². The van der Waals surface area contributed by atoms with Crippen molar-refractivity contribution in [1.29, 1.82) is 0 Å². The van der Waals surface area contributed by atoms with Gasteiger partial charge in [-0.1, -0.05) is 11.6 Å². The Hall–Kier alpha value is -2.55. The van der Waals surface area contributed by atoms with Crippen LogP contribution in [0.4, 0.5) is 5.69 Å². The second-order valence-electron chi connectivity index (χ2n) is 6.60. The first-order chi connectivity index (χ1) is 13.3. The third-order valence-electron chi connectivity index (χ3n) is 4.70. The van der Waals surface area contributed by atoms with E-state index in [0.717, 1.165) is 23.5 Å². The summed E-state index contributed by atoms with van der Waals surface area (Å²) in [5, 5.41) is 12.0. The van der Waals surface area contributed by atoms with Crippen LogP contribution in [0.25, 0.3) is 22.3 Å². The van der Waals surface area contributed by atoms with Crippen LogP contribution in [0.15, 0.2) is 40.8 Å². The Morgan fingerprint density at radius 3 is 2.50 bits per heavy atom. The lowest BCUT2D eigenvalue weighted by molar-refractivity contribution is 0.0699. The van der Waals surface area contributed by atoms with Gasteiger partial charge in [-0.3, -0.25) is 0 Å². The first-order valence-corrected chi connectivity index (χ1v) is 9.98. The van der Waals surface area contributed by atoms with Crippen molar-refractivity contribution in [3.05, 3.63) is 52.5 Å². The summed E-state index contributed by atoms with van der Waals surface area (Å²) in [5.74, 6) is -0.660. The minimum Gasteiger partial charge on any atom is -0.478 e. The number of hydrogen-bond acceptors (Lipinski definition) is 6. The molecule has 1 aliphatic carbocycles. The van der Waals surface area contributed by atoms with E-state index >= 15 is 0 Å². The van der Waals surface area contributed by atoms with Crippen LogP contribution in [-0.2, 0) is 15.3 Å². The molecule has 0 aliphatic heterocycles. The number of carbonyl (C=O) groups is 1. The number of hydroxylamine groups is 1. The van der Waals surface area contributed by atoms with E-state index < -0.39 is 17.0 Å². The quantitative estimate of drug-likeness (QED) is 0.454. The normalized spacial score (nSPS) is 14.0. The topological polar surface area (TPSA) is 97.0 Å². The third-order valence-corrected chi connectivity index (χ3v) is 5.33. The molecule has 9 heteroatoms. The molecule has 28 heavy (non-hydrogen) atoms. The fourth-order valence-electron chi connectivity index (χ4n) is 3.30. The molecule has 0 radical (unpaired) electrons. The number of furan rings is 1. The molecule has 4 rings (SSSR count). The fraction of sp³-hybridized carbons (Fsp3) is 0.211. The standard InChI is InChI=1S/C19H16ClNO6S/c1-21(27-28(24)25)15-9-16-14(8-13(15)10-2-3-10)17(19(22)23)18(26-16)11-4-6-12(20)7-5-11/h4-10,28H,2-3H2,1H3,(H,22,23). The van der Waals surface area contributed by atoms with Crippen LogP contribution in [0, 0.1) is 0 Å². The van der Waals surface area contributed by atoms with Gasteiger partial charge in [0.25, 0.3) is 11.0 Å².